The van der Waals surface area contributed by atoms with Gasteiger partial charge in [0.15, 0.2) is 5.78 Å². The molecule has 0 aliphatic rings. The van der Waals surface area contributed by atoms with Crippen molar-refractivity contribution in [2.45, 2.75) is 117 Å². The van der Waals surface area contributed by atoms with Crippen LogP contribution in [0, 0.1) is 11.8 Å². The average Bonchev–Trinajstić information content (AvgIpc) is 3.15. The van der Waals surface area contributed by atoms with Crippen molar-refractivity contribution in [3.63, 3.8) is 0 Å². The van der Waals surface area contributed by atoms with Gasteiger partial charge in [-0.3, -0.25) is 28.8 Å². The number of amides is 5. The van der Waals surface area contributed by atoms with Crippen LogP contribution >= 0.6 is 24.8 Å². The minimum atomic E-state index is -0.773. The molecule has 0 unspecified atom stereocenters. The number of ketones is 2. The van der Waals surface area contributed by atoms with Crippen LogP contribution in [-0.4, -0.2) is 86.2 Å². The van der Waals surface area contributed by atoms with Crippen LogP contribution in [0.2, 0.25) is 0 Å². The highest BCUT2D eigenvalue weighted by Gasteiger charge is 2.29. The standard InChI is InChI=1S/C24H37N3O5.C19H29N3O3.2ClH/c1-17(28)26-14-10-9-13-20(27-23(31)32-24(2,3)4)21(29)16-19(22(30)25-5)15-18-11-7-6-8-12-18;1-14(23)22-11-7-6-10-17(20)18(24)13-16(19(25)21-2)12-15-8-4-3-5-9-15;;/h6-8,11-12,19-20H,9-10,13-16H2,1-5H3,(H,25,30)(H,26,28)(H,27,31);3-5,8-9,16-17H,6-7,10-13,20H2,1-2H3,(H,21,25)(H,22,23);2*1H/t19-,20+;16-,17+;;/m11../s1. The summed E-state index contributed by atoms with van der Waals surface area (Å²) in [6.07, 6.45) is 4.20. The van der Waals surface area contributed by atoms with E-state index in [1.165, 1.54) is 13.8 Å². The molecule has 2 aromatic carbocycles. The molecule has 332 valence electrons. The fraction of sp³-hybridized carbons (Fsp3) is 0.558. The Hall–Kier alpha value is -4.53. The van der Waals surface area contributed by atoms with E-state index in [0.29, 0.717) is 51.6 Å². The summed E-state index contributed by atoms with van der Waals surface area (Å²) < 4.78 is 5.31. The first-order valence-corrected chi connectivity index (χ1v) is 19.8. The lowest BCUT2D eigenvalue weighted by Crippen LogP contribution is -2.45. The zero-order valence-electron chi connectivity index (χ0n) is 35.7. The van der Waals surface area contributed by atoms with Crippen LogP contribution in [0.3, 0.4) is 0 Å². The van der Waals surface area contributed by atoms with Crippen molar-refractivity contribution in [3.05, 3.63) is 71.8 Å². The lowest BCUT2D eigenvalue weighted by Gasteiger charge is -2.24. The van der Waals surface area contributed by atoms with E-state index in [2.05, 4.69) is 26.6 Å². The summed E-state index contributed by atoms with van der Waals surface area (Å²) in [6.45, 7) is 9.25. The smallest absolute Gasteiger partial charge is 0.408 e. The van der Waals surface area contributed by atoms with Crippen molar-refractivity contribution in [3.8, 4) is 0 Å². The molecular weight excluding hydrogens is 799 g/mol. The van der Waals surface area contributed by atoms with Gasteiger partial charge in [0.25, 0.3) is 0 Å². The molecule has 14 nitrogen and oxygen atoms in total. The Morgan fingerprint density at radius 2 is 1.03 bits per heavy atom. The van der Waals surface area contributed by atoms with Gasteiger partial charge < -0.3 is 37.1 Å². The SMILES string of the molecule is CNC(=O)[C@@H](CC(=O)[C@@H](N)CCCCNC(C)=O)Cc1ccccc1.CNC(=O)[C@@H](CC(=O)[C@H](CCCCNC(C)=O)NC(=O)OC(C)(C)C)Cc1ccccc1.Cl.Cl. The van der Waals surface area contributed by atoms with Crippen LogP contribution in [0.25, 0.3) is 0 Å². The Labute approximate surface area is 362 Å². The highest BCUT2D eigenvalue weighted by atomic mass is 35.5. The van der Waals surface area contributed by atoms with Crippen LogP contribution in [0.5, 0.6) is 0 Å². The number of halogens is 2. The first-order valence-electron chi connectivity index (χ1n) is 19.8. The molecule has 0 bridgehead atoms. The Balaban J connectivity index is 0. The molecule has 0 fully saturated rings. The summed E-state index contributed by atoms with van der Waals surface area (Å²) in [5.41, 5.74) is 7.26. The maximum atomic E-state index is 13.1. The first-order chi connectivity index (χ1) is 26.9. The van der Waals surface area contributed by atoms with Gasteiger partial charge in [-0.1, -0.05) is 60.7 Å². The molecule has 0 heterocycles. The molecular formula is C43H68Cl2N6O8. The van der Waals surface area contributed by atoms with Crippen LogP contribution in [0.4, 0.5) is 4.79 Å². The highest BCUT2D eigenvalue weighted by Crippen LogP contribution is 2.18. The number of unbranched alkanes of at least 4 members (excludes halogenated alkanes) is 2. The Morgan fingerprint density at radius 1 is 0.627 bits per heavy atom. The second kappa shape index (κ2) is 31.4. The lowest BCUT2D eigenvalue weighted by atomic mass is 9.90. The number of hydrogen-bond donors (Lipinski definition) is 6. The molecule has 16 heteroatoms. The molecule has 0 saturated carbocycles. The molecule has 0 radical (unpaired) electrons. The summed E-state index contributed by atoms with van der Waals surface area (Å²) in [7, 11) is 3.12. The highest BCUT2D eigenvalue weighted by molar-refractivity contribution is 5.92. The number of benzene rings is 2. The number of nitrogens with one attached hydrogen (secondary N) is 5. The largest absolute Gasteiger partial charge is 0.444 e. The minimum absolute atomic E-state index is 0. The summed E-state index contributed by atoms with van der Waals surface area (Å²) >= 11 is 0. The summed E-state index contributed by atoms with van der Waals surface area (Å²) in [6, 6.07) is 17.8. The Bertz CT molecular complexity index is 1560. The Morgan fingerprint density at radius 3 is 1.42 bits per heavy atom. The van der Waals surface area contributed by atoms with Gasteiger partial charge in [-0.15, -0.1) is 24.8 Å². The van der Waals surface area contributed by atoms with Crippen LogP contribution in [-0.2, 0) is 46.3 Å². The van der Waals surface area contributed by atoms with Crippen molar-refractivity contribution in [2.24, 2.45) is 17.6 Å². The minimum Gasteiger partial charge on any atom is -0.444 e. The molecule has 2 aromatic rings. The third-order valence-corrected chi connectivity index (χ3v) is 8.88. The van der Waals surface area contributed by atoms with E-state index in [9.17, 15) is 33.6 Å². The van der Waals surface area contributed by atoms with Gasteiger partial charge in [0.05, 0.1) is 12.1 Å². The molecule has 2 rings (SSSR count). The normalized spacial score (nSPS) is 12.5. The van der Waals surface area contributed by atoms with Gasteiger partial charge in [-0.25, -0.2) is 4.79 Å². The lowest BCUT2D eigenvalue weighted by molar-refractivity contribution is -0.130. The fourth-order valence-corrected chi connectivity index (χ4v) is 5.92. The van der Waals surface area contributed by atoms with Crippen LogP contribution in [0.15, 0.2) is 60.7 Å². The molecule has 5 amide bonds. The van der Waals surface area contributed by atoms with Gasteiger partial charge in [0.2, 0.25) is 23.6 Å². The molecule has 0 aromatic heterocycles. The van der Waals surface area contributed by atoms with Gasteiger partial charge in [-0.2, -0.15) is 0 Å². The molecule has 59 heavy (non-hydrogen) atoms. The van der Waals surface area contributed by atoms with E-state index in [4.69, 9.17) is 10.5 Å². The number of alkyl carbamates (subject to hydrolysis) is 1. The van der Waals surface area contributed by atoms with Gasteiger partial charge >= 0.3 is 6.09 Å². The second-order valence-corrected chi connectivity index (χ2v) is 15.1. The van der Waals surface area contributed by atoms with Gasteiger partial charge in [0.1, 0.15) is 11.4 Å². The average molecular weight is 868 g/mol. The van der Waals surface area contributed by atoms with E-state index in [-0.39, 0.29) is 72.9 Å². The summed E-state index contributed by atoms with van der Waals surface area (Å²) in [5, 5.41) is 13.4. The van der Waals surface area contributed by atoms with E-state index in [1.807, 2.05) is 60.7 Å². The predicted octanol–water partition coefficient (Wildman–Crippen LogP) is 4.78. The van der Waals surface area contributed by atoms with Crippen molar-refractivity contribution in [1.82, 2.24) is 26.6 Å². The maximum absolute atomic E-state index is 13.1. The molecule has 0 aliphatic carbocycles. The quantitative estimate of drug-likeness (QED) is 0.0847. The molecule has 4 atom stereocenters. The zero-order chi connectivity index (χ0) is 42.8. The topological polar surface area (TPSA) is 215 Å². The molecule has 0 spiro atoms. The van der Waals surface area contributed by atoms with Crippen molar-refractivity contribution < 1.29 is 38.3 Å². The van der Waals surface area contributed by atoms with E-state index in [0.717, 1.165) is 24.0 Å². The third-order valence-electron chi connectivity index (χ3n) is 8.88. The van der Waals surface area contributed by atoms with Crippen molar-refractivity contribution >= 4 is 66.1 Å². The molecule has 0 saturated heterocycles. The summed E-state index contributed by atoms with van der Waals surface area (Å²) in [5.74, 6) is -1.81. The zero-order valence-corrected chi connectivity index (χ0v) is 37.4. The van der Waals surface area contributed by atoms with E-state index in [1.54, 1.807) is 34.9 Å². The number of Topliss-reactive ketones (excluding diaryl/α,β-unsaturated/α-hetero) is 2. The summed E-state index contributed by atoms with van der Waals surface area (Å²) in [4.78, 5) is 84.1. The number of ether oxygens (including phenoxy) is 1. The maximum Gasteiger partial charge on any atom is 0.408 e. The number of carbonyl (C=O) groups excluding carboxylic acids is 7. The van der Waals surface area contributed by atoms with Gasteiger partial charge in [0, 0.05) is 65.7 Å². The Kier molecular flexibility index (Phi) is 30.1. The van der Waals surface area contributed by atoms with Gasteiger partial charge in [-0.05, 0) is 83.3 Å². The number of carbonyl (C=O) groups is 7. The first kappa shape index (κ1) is 56.6. The number of rotatable bonds is 23. The number of nitrogens with two attached hydrogens (primary N) is 1. The predicted molar refractivity (Wildman–Crippen MR) is 235 cm³/mol. The molecule has 7 N–H and O–H groups in total. The number of hydrogen-bond acceptors (Lipinski definition) is 9. The fourth-order valence-electron chi connectivity index (χ4n) is 5.92. The van der Waals surface area contributed by atoms with Crippen LogP contribution in [0.1, 0.15) is 97.1 Å². The van der Waals surface area contributed by atoms with Crippen molar-refractivity contribution in [2.75, 3.05) is 27.2 Å². The van der Waals surface area contributed by atoms with E-state index >= 15 is 0 Å². The third kappa shape index (κ3) is 27.0. The van der Waals surface area contributed by atoms with E-state index < -0.39 is 35.6 Å². The molecule has 0 aliphatic heterocycles. The van der Waals surface area contributed by atoms with Crippen molar-refractivity contribution in [1.29, 1.82) is 0 Å². The van der Waals surface area contributed by atoms with Crippen LogP contribution < -0.4 is 32.3 Å². The second-order valence-electron chi connectivity index (χ2n) is 15.1. The monoisotopic (exact) mass is 866 g/mol.